The third-order valence-electron chi connectivity index (χ3n) is 6.41. The average molecular weight is 454 g/mol. The van der Waals surface area contributed by atoms with Gasteiger partial charge in [-0.2, -0.15) is 18.3 Å². The minimum absolute atomic E-state index is 0.0560. The van der Waals surface area contributed by atoms with Gasteiger partial charge in [0.1, 0.15) is 17.8 Å². The highest BCUT2D eigenvalue weighted by Gasteiger charge is 2.49. The van der Waals surface area contributed by atoms with Gasteiger partial charge in [-0.3, -0.25) is 19.0 Å². The Kier molecular flexibility index (Phi) is 4.71. The molecule has 170 valence electrons. The van der Waals surface area contributed by atoms with E-state index in [0.717, 1.165) is 23.4 Å². The molecule has 4 heterocycles. The maximum Gasteiger partial charge on any atom is 0.433 e. The predicted octanol–water partition coefficient (Wildman–Crippen LogP) is 3.50. The molecule has 2 fully saturated rings. The number of rotatable bonds is 4. The van der Waals surface area contributed by atoms with Gasteiger partial charge in [-0.05, 0) is 31.4 Å². The van der Waals surface area contributed by atoms with Crippen LogP contribution in [0.4, 0.5) is 27.6 Å². The first-order valence-electron chi connectivity index (χ1n) is 10.1. The summed E-state index contributed by atoms with van der Waals surface area (Å²) in [6, 6.07) is 2.45. The second-order valence-corrected chi connectivity index (χ2v) is 8.56. The molecule has 0 bridgehead atoms. The van der Waals surface area contributed by atoms with E-state index in [0.29, 0.717) is 31.6 Å². The van der Waals surface area contributed by atoms with Gasteiger partial charge in [0.15, 0.2) is 5.52 Å². The first-order valence-corrected chi connectivity index (χ1v) is 10.1. The van der Waals surface area contributed by atoms with Crippen molar-refractivity contribution < 1.29 is 22.0 Å². The van der Waals surface area contributed by atoms with E-state index >= 15 is 0 Å². The molecule has 1 saturated heterocycles. The largest absolute Gasteiger partial charge is 0.433 e. The van der Waals surface area contributed by atoms with E-state index < -0.39 is 30.4 Å². The van der Waals surface area contributed by atoms with E-state index in [4.69, 9.17) is 0 Å². The third kappa shape index (κ3) is 3.51. The highest BCUT2D eigenvalue weighted by molar-refractivity contribution is 5.72. The molecule has 1 atom stereocenters. The lowest BCUT2D eigenvalue weighted by molar-refractivity contribution is -0.141. The number of hydrogen-bond acceptors (Lipinski definition) is 5. The van der Waals surface area contributed by atoms with Crippen LogP contribution in [0.2, 0.25) is 0 Å². The Hall–Kier alpha value is -3.05. The minimum atomic E-state index is -4.50. The molecule has 1 aliphatic heterocycles. The van der Waals surface area contributed by atoms with Gasteiger partial charge in [0.05, 0.1) is 12.5 Å². The van der Waals surface area contributed by atoms with Crippen molar-refractivity contribution in [2.75, 3.05) is 18.0 Å². The molecule has 0 aromatic carbocycles. The molecule has 3 aromatic heterocycles. The summed E-state index contributed by atoms with van der Waals surface area (Å²) in [5.41, 5.74) is -0.642. The number of halogens is 5. The Balaban J connectivity index is 1.33. The number of hydrogen-bond donors (Lipinski definition) is 0. The van der Waals surface area contributed by atoms with Gasteiger partial charge in [-0.1, -0.05) is 0 Å². The van der Waals surface area contributed by atoms with Gasteiger partial charge in [-0.25, -0.2) is 13.8 Å². The minimum Gasteiger partial charge on any atom is -0.370 e. The van der Waals surface area contributed by atoms with Gasteiger partial charge in [0.2, 0.25) is 0 Å². The molecule has 0 radical (unpaired) electrons. The van der Waals surface area contributed by atoms with E-state index in [2.05, 4.69) is 15.1 Å². The van der Waals surface area contributed by atoms with Crippen LogP contribution in [-0.4, -0.2) is 43.8 Å². The Bertz CT molecular complexity index is 1210. The fraction of sp³-hybridized carbons (Fsp3) is 0.500. The summed E-state index contributed by atoms with van der Waals surface area (Å²) in [5, 5.41) is 3.86. The monoisotopic (exact) mass is 454 g/mol. The van der Waals surface area contributed by atoms with Crippen molar-refractivity contribution in [1.82, 2.24) is 24.3 Å². The van der Waals surface area contributed by atoms with Crippen molar-refractivity contribution in [2.24, 2.45) is 5.41 Å². The zero-order chi connectivity index (χ0) is 22.7. The molecule has 12 heteroatoms. The van der Waals surface area contributed by atoms with Crippen LogP contribution in [0.3, 0.4) is 0 Å². The summed E-state index contributed by atoms with van der Waals surface area (Å²) in [5.74, 6) is 0. The number of fused-ring (bicyclic) bond motifs is 1. The lowest BCUT2D eigenvalue weighted by Gasteiger charge is -2.50. The predicted molar refractivity (Wildman–Crippen MR) is 105 cm³/mol. The van der Waals surface area contributed by atoms with Crippen LogP contribution >= 0.6 is 0 Å². The van der Waals surface area contributed by atoms with E-state index in [1.165, 1.54) is 17.1 Å². The molecule has 3 aromatic rings. The fourth-order valence-electron chi connectivity index (χ4n) is 4.94. The van der Waals surface area contributed by atoms with Crippen molar-refractivity contribution in [1.29, 1.82) is 0 Å². The standard InChI is InChI=1S/C20H19F5N6O/c21-16(22)8-31-17-14(7-28-31)27-11-30(18(17)32)13-1-3-19(6-13)9-29(10-19)12-2-4-26-15(5-12)20(23,24)25/h2,4-5,7,11,13,16H,1,3,6,8-10H2. The summed E-state index contributed by atoms with van der Waals surface area (Å²) in [4.78, 5) is 22.5. The topological polar surface area (TPSA) is 68.8 Å². The molecule has 1 saturated carbocycles. The van der Waals surface area contributed by atoms with Gasteiger partial charge in [0.25, 0.3) is 12.0 Å². The van der Waals surface area contributed by atoms with Crippen LogP contribution in [0.5, 0.6) is 0 Å². The summed E-state index contributed by atoms with van der Waals surface area (Å²) in [7, 11) is 0. The molecule has 1 unspecified atom stereocenters. The van der Waals surface area contributed by atoms with Crippen molar-refractivity contribution in [3.05, 3.63) is 46.9 Å². The molecule has 1 aliphatic carbocycles. The van der Waals surface area contributed by atoms with Crippen molar-refractivity contribution in [2.45, 2.75) is 44.5 Å². The number of anilines is 1. The molecule has 0 amide bonds. The van der Waals surface area contributed by atoms with Gasteiger partial charge < -0.3 is 4.90 Å². The van der Waals surface area contributed by atoms with E-state index in [9.17, 15) is 26.7 Å². The lowest BCUT2D eigenvalue weighted by Crippen LogP contribution is -2.55. The van der Waals surface area contributed by atoms with E-state index in [1.54, 1.807) is 6.07 Å². The van der Waals surface area contributed by atoms with Crippen LogP contribution < -0.4 is 10.5 Å². The van der Waals surface area contributed by atoms with Crippen molar-refractivity contribution >= 4 is 16.7 Å². The SMILES string of the molecule is O=c1c2c(cnn2CC(F)F)ncn1C1CCC2(C1)CN(c1ccnc(C(F)(F)F)c1)C2. The molecule has 1 spiro atoms. The summed E-state index contributed by atoms with van der Waals surface area (Å²) >= 11 is 0. The van der Waals surface area contributed by atoms with Crippen LogP contribution in [-0.2, 0) is 12.7 Å². The Morgan fingerprint density at radius 3 is 2.72 bits per heavy atom. The summed E-state index contributed by atoms with van der Waals surface area (Å²) in [6.45, 7) is 0.483. The lowest BCUT2D eigenvalue weighted by atomic mass is 9.77. The number of alkyl halides is 5. The highest BCUT2D eigenvalue weighted by atomic mass is 19.4. The van der Waals surface area contributed by atoms with Crippen LogP contribution in [0.25, 0.3) is 11.0 Å². The number of nitrogens with zero attached hydrogens (tertiary/aromatic N) is 6. The second-order valence-electron chi connectivity index (χ2n) is 8.56. The third-order valence-corrected chi connectivity index (χ3v) is 6.41. The molecule has 5 rings (SSSR count). The normalized spacial score (nSPS) is 20.4. The van der Waals surface area contributed by atoms with Crippen LogP contribution in [0.15, 0.2) is 35.6 Å². The zero-order valence-electron chi connectivity index (χ0n) is 16.8. The number of aromatic nitrogens is 5. The molecular weight excluding hydrogens is 435 g/mol. The van der Waals surface area contributed by atoms with Gasteiger partial charge in [0, 0.05) is 36.4 Å². The van der Waals surface area contributed by atoms with Gasteiger partial charge >= 0.3 is 6.18 Å². The number of pyridine rings is 1. The molecular formula is C20H19F5N6O. The first-order chi connectivity index (χ1) is 15.2. The zero-order valence-corrected chi connectivity index (χ0v) is 16.8. The smallest absolute Gasteiger partial charge is 0.370 e. The Morgan fingerprint density at radius 1 is 1.22 bits per heavy atom. The highest BCUT2D eigenvalue weighted by Crippen LogP contribution is 2.51. The Labute approximate surface area is 178 Å². The second kappa shape index (κ2) is 7.24. The van der Waals surface area contributed by atoms with Crippen molar-refractivity contribution in [3.8, 4) is 0 Å². The molecule has 0 N–H and O–H groups in total. The summed E-state index contributed by atoms with van der Waals surface area (Å²) < 4.78 is 66.9. The maximum absolute atomic E-state index is 13.0. The maximum atomic E-state index is 13.0. The van der Waals surface area contributed by atoms with Gasteiger partial charge in [-0.15, -0.1) is 0 Å². The van der Waals surface area contributed by atoms with Crippen molar-refractivity contribution in [3.63, 3.8) is 0 Å². The quantitative estimate of drug-likeness (QED) is 0.565. The van der Waals surface area contributed by atoms with E-state index in [1.807, 2.05) is 4.90 Å². The average Bonchev–Trinajstić information content (AvgIpc) is 3.32. The summed E-state index contributed by atoms with van der Waals surface area (Å²) in [6.07, 6.45) is -1.08. The van der Waals surface area contributed by atoms with Crippen LogP contribution in [0, 0.1) is 5.41 Å². The molecule has 7 nitrogen and oxygen atoms in total. The first kappa shape index (κ1) is 20.8. The Morgan fingerprint density at radius 2 is 2.00 bits per heavy atom. The molecule has 32 heavy (non-hydrogen) atoms. The van der Waals surface area contributed by atoms with E-state index in [-0.39, 0.29) is 22.5 Å². The fourth-order valence-corrected chi connectivity index (χ4v) is 4.94. The van der Waals surface area contributed by atoms with Crippen LogP contribution in [0.1, 0.15) is 31.0 Å². The molecule has 2 aliphatic rings.